The summed E-state index contributed by atoms with van der Waals surface area (Å²) in [6.07, 6.45) is 2.00. The maximum atomic E-state index is 13.5. The molecule has 0 spiro atoms. The molecule has 0 atom stereocenters. The number of methoxy groups -OCH3 is 1. The summed E-state index contributed by atoms with van der Waals surface area (Å²) in [5.74, 6) is -0.250. The maximum Gasteiger partial charge on any atom is 0.211 e. The fraction of sp³-hybridized carbons (Fsp3) is 0.200. The van der Waals surface area contributed by atoms with Gasteiger partial charge in [0.05, 0.1) is 7.11 Å². The Labute approximate surface area is 89.9 Å². The number of halogens is 1. The second-order valence-electron chi connectivity index (χ2n) is 2.77. The Bertz CT molecular complexity index is 464. The predicted octanol–water partition coefficient (Wildman–Crippen LogP) is 3.77. The molecule has 74 valence electrons. The average molecular weight is 228 g/mol. The summed E-state index contributed by atoms with van der Waals surface area (Å²) < 4.78 is 19.4. The van der Waals surface area contributed by atoms with Gasteiger partial charge in [-0.05, 0) is 24.5 Å². The zero-order valence-electron chi connectivity index (χ0n) is 7.83. The summed E-state index contributed by atoms with van der Waals surface area (Å²) in [5, 5.41) is 1.00. The molecule has 0 bridgehead atoms. The molecular formula is C10H9FOS2. The fourth-order valence-corrected chi connectivity index (χ4v) is 2.73. The van der Waals surface area contributed by atoms with Crippen molar-refractivity contribution < 1.29 is 9.13 Å². The Hall–Kier alpha value is -0.740. The van der Waals surface area contributed by atoms with E-state index in [1.54, 1.807) is 17.8 Å². The van der Waals surface area contributed by atoms with Crippen molar-refractivity contribution in [1.29, 1.82) is 0 Å². The topological polar surface area (TPSA) is 9.23 Å². The lowest BCUT2D eigenvalue weighted by molar-refractivity contribution is 0.402. The minimum Gasteiger partial charge on any atom is -0.485 e. The molecule has 1 nitrogen and oxygen atoms in total. The molecule has 0 N–H and O–H groups in total. The van der Waals surface area contributed by atoms with Crippen LogP contribution in [0.25, 0.3) is 10.1 Å². The Balaban J connectivity index is 2.66. The molecule has 14 heavy (non-hydrogen) atoms. The van der Waals surface area contributed by atoms with Crippen molar-refractivity contribution >= 4 is 33.2 Å². The number of rotatable bonds is 2. The van der Waals surface area contributed by atoms with Gasteiger partial charge < -0.3 is 4.74 Å². The lowest BCUT2D eigenvalue weighted by Gasteiger charge is -1.94. The van der Waals surface area contributed by atoms with Gasteiger partial charge in [-0.2, -0.15) is 0 Å². The summed E-state index contributed by atoms with van der Waals surface area (Å²) in [6.45, 7) is 0. The molecule has 0 radical (unpaired) electrons. The standard InChI is InChI=1S/C10H9FOS2/c1-12-10-9(11)7-4-3-6(13-2)5-8(7)14-10/h3-5H,1-2H3. The highest BCUT2D eigenvalue weighted by Crippen LogP contribution is 2.37. The van der Waals surface area contributed by atoms with Crippen molar-refractivity contribution in [2.75, 3.05) is 13.4 Å². The van der Waals surface area contributed by atoms with Crippen molar-refractivity contribution in [2.24, 2.45) is 0 Å². The quantitative estimate of drug-likeness (QED) is 0.724. The van der Waals surface area contributed by atoms with Gasteiger partial charge in [-0.25, -0.2) is 4.39 Å². The zero-order chi connectivity index (χ0) is 10.1. The van der Waals surface area contributed by atoms with Crippen LogP contribution in [0.15, 0.2) is 23.1 Å². The van der Waals surface area contributed by atoms with Crippen LogP contribution in [0.1, 0.15) is 0 Å². The first-order chi connectivity index (χ1) is 6.76. The molecule has 1 aromatic carbocycles. The van der Waals surface area contributed by atoms with E-state index in [0.29, 0.717) is 10.4 Å². The molecule has 0 fully saturated rings. The number of hydrogen-bond acceptors (Lipinski definition) is 3. The molecular weight excluding hydrogens is 219 g/mol. The van der Waals surface area contributed by atoms with E-state index < -0.39 is 0 Å². The Morgan fingerprint density at radius 3 is 2.86 bits per heavy atom. The van der Waals surface area contributed by atoms with Crippen molar-refractivity contribution in [3.63, 3.8) is 0 Å². The van der Waals surface area contributed by atoms with E-state index in [-0.39, 0.29) is 5.82 Å². The maximum absolute atomic E-state index is 13.5. The third-order valence-corrected chi connectivity index (χ3v) is 3.81. The SMILES string of the molecule is COc1sc2cc(SC)ccc2c1F. The summed E-state index contributed by atoms with van der Waals surface area (Å²) in [7, 11) is 1.49. The molecule has 0 amide bonds. The lowest BCUT2D eigenvalue weighted by atomic mass is 10.2. The largest absolute Gasteiger partial charge is 0.485 e. The molecule has 2 rings (SSSR count). The van der Waals surface area contributed by atoms with Crippen molar-refractivity contribution in [3.05, 3.63) is 24.0 Å². The van der Waals surface area contributed by atoms with Gasteiger partial charge >= 0.3 is 0 Å². The first-order valence-corrected chi connectivity index (χ1v) is 6.10. The number of ether oxygens (including phenoxy) is 1. The number of benzene rings is 1. The van der Waals surface area contributed by atoms with Gasteiger partial charge in [-0.1, -0.05) is 11.3 Å². The van der Waals surface area contributed by atoms with Crippen LogP contribution >= 0.6 is 23.1 Å². The van der Waals surface area contributed by atoms with Gasteiger partial charge in [-0.3, -0.25) is 0 Å². The van der Waals surface area contributed by atoms with Crippen LogP contribution in [-0.2, 0) is 0 Å². The van der Waals surface area contributed by atoms with Crippen molar-refractivity contribution in [1.82, 2.24) is 0 Å². The zero-order valence-corrected chi connectivity index (χ0v) is 9.47. The second kappa shape index (κ2) is 3.79. The first-order valence-electron chi connectivity index (χ1n) is 4.06. The second-order valence-corrected chi connectivity index (χ2v) is 4.66. The van der Waals surface area contributed by atoms with Gasteiger partial charge in [0.1, 0.15) is 0 Å². The third kappa shape index (κ3) is 1.48. The molecule has 0 saturated heterocycles. The minimum absolute atomic E-state index is 0.250. The summed E-state index contributed by atoms with van der Waals surface area (Å²) in [6, 6.07) is 5.70. The molecule has 0 unspecified atom stereocenters. The summed E-state index contributed by atoms with van der Waals surface area (Å²) in [5.41, 5.74) is 0. The Morgan fingerprint density at radius 2 is 2.21 bits per heavy atom. The van der Waals surface area contributed by atoms with E-state index in [0.717, 1.165) is 9.60 Å². The number of thioether (sulfide) groups is 1. The van der Waals surface area contributed by atoms with Gasteiger partial charge in [0, 0.05) is 15.0 Å². The minimum atomic E-state index is -0.250. The van der Waals surface area contributed by atoms with Crippen LogP contribution in [0.5, 0.6) is 5.06 Å². The molecule has 4 heteroatoms. The third-order valence-electron chi connectivity index (χ3n) is 1.99. The van der Waals surface area contributed by atoms with E-state index in [2.05, 4.69) is 0 Å². The Morgan fingerprint density at radius 1 is 1.43 bits per heavy atom. The average Bonchev–Trinajstić information content (AvgIpc) is 2.55. The molecule has 0 aliphatic heterocycles. The van der Waals surface area contributed by atoms with Crippen LogP contribution in [-0.4, -0.2) is 13.4 Å². The van der Waals surface area contributed by atoms with Crippen LogP contribution in [0.2, 0.25) is 0 Å². The van der Waals surface area contributed by atoms with Crippen LogP contribution in [0, 0.1) is 5.82 Å². The molecule has 0 aliphatic carbocycles. The molecule has 0 saturated carbocycles. The lowest BCUT2D eigenvalue weighted by Crippen LogP contribution is -1.80. The van der Waals surface area contributed by atoms with E-state index in [4.69, 9.17) is 4.74 Å². The van der Waals surface area contributed by atoms with E-state index >= 15 is 0 Å². The number of hydrogen-bond donors (Lipinski definition) is 0. The fourth-order valence-electron chi connectivity index (χ4n) is 1.28. The number of fused-ring (bicyclic) bond motifs is 1. The summed E-state index contributed by atoms with van der Waals surface area (Å²) >= 11 is 2.99. The molecule has 0 aliphatic rings. The van der Waals surface area contributed by atoms with E-state index in [9.17, 15) is 4.39 Å². The number of thiophene rings is 1. The molecule has 1 aromatic heterocycles. The van der Waals surface area contributed by atoms with Gasteiger partial charge in [0.2, 0.25) is 5.06 Å². The van der Waals surface area contributed by atoms with E-state index in [1.165, 1.54) is 18.4 Å². The van der Waals surface area contributed by atoms with Gasteiger partial charge in [0.25, 0.3) is 0 Å². The van der Waals surface area contributed by atoms with E-state index in [1.807, 2.05) is 18.4 Å². The molecule has 2 aromatic rings. The van der Waals surface area contributed by atoms with Crippen LogP contribution in [0.4, 0.5) is 4.39 Å². The van der Waals surface area contributed by atoms with Crippen LogP contribution < -0.4 is 4.74 Å². The Kier molecular flexibility index (Phi) is 2.65. The highest BCUT2D eigenvalue weighted by atomic mass is 32.2. The van der Waals surface area contributed by atoms with Crippen molar-refractivity contribution in [3.8, 4) is 5.06 Å². The van der Waals surface area contributed by atoms with Crippen molar-refractivity contribution in [2.45, 2.75) is 4.90 Å². The van der Waals surface area contributed by atoms with Crippen LogP contribution in [0.3, 0.4) is 0 Å². The normalized spacial score (nSPS) is 10.8. The van der Waals surface area contributed by atoms with Gasteiger partial charge in [0.15, 0.2) is 5.82 Å². The monoisotopic (exact) mass is 228 g/mol. The highest BCUT2D eigenvalue weighted by molar-refractivity contribution is 7.98. The molecule has 1 heterocycles. The van der Waals surface area contributed by atoms with Gasteiger partial charge in [-0.15, -0.1) is 11.8 Å². The first kappa shape index (κ1) is 9.80. The highest BCUT2D eigenvalue weighted by Gasteiger charge is 2.12. The summed E-state index contributed by atoms with van der Waals surface area (Å²) in [4.78, 5) is 1.14. The smallest absolute Gasteiger partial charge is 0.211 e. The predicted molar refractivity (Wildman–Crippen MR) is 60.1 cm³/mol.